The van der Waals surface area contributed by atoms with Gasteiger partial charge in [0.05, 0.1) is 25.7 Å². The second-order valence-electron chi connectivity index (χ2n) is 5.23. The van der Waals surface area contributed by atoms with E-state index >= 15 is 0 Å². The van der Waals surface area contributed by atoms with Gasteiger partial charge in [-0.1, -0.05) is 23.9 Å². The van der Waals surface area contributed by atoms with Gasteiger partial charge in [0.2, 0.25) is 11.1 Å². The summed E-state index contributed by atoms with van der Waals surface area (Å²) in [6.07, 6.45) is 0. The molecule has 0 radical (unpaired) electrons. The number of nitrogens with one attached hydrogen (secondary N) is 1. The number of ether oxygens (including phenoxy) is 2. The summed E-state index contributed by atoms with van der Waals surface area (Å²) in [6.45, 7) is 0. The maximum absolute atomic E-state index is 13.6. The number of anilines is 1. The Kier molecular flexibility index (Phi) is 5.87. The Labute approximate surface area is 158 Å². The van der Waals surface area contributed by atoms with Gasteiger partial charge < -0.3 is 14.8 Å². The zero-order valence-electron chi connectivity index (χ0n) is 14.5. The summed E-state index contributed by atoms with van der Waals surface area (Å²) < 4.78 is 25.6. The molecule has 3 aromatic rings. The number of hydrogen-bond donors (Lipinski definition) is 1. The highest BCUT2D eigenvalue weighted by Crippen LogP contribution is 2.29. The van der Waals surface area contributed by atoms with Gasteiger partial charge in [0.15, 0.2) is 0 Å². The van der Waals surface area contributed by atoms with Crippen LogP contribution in [0.4, 0.5) is 10.1 Å². The molecule has 2 aromatic carbocycles. The van der Waals surface area contributed by atoms with Gasteiger partial charge >= 0.3 is 0 Å². The summed E-state index contributed by atoms with van der Waals surface area (Å²) in [4.78, 5) is 12.1. The number of para-hydroxylation sites is 1. The molecule has 0 unspecified atom stereocenters. The van der Waals surface area contributed by atoms with Gasteiger partial charge in [-0.15, -0.1) is 5.10 Å². The quantitative estimate of drug-likeness (QED) is 0.621. The van der Waals surface area contributed by atoms with E-state index < -0.39 is 5.82 Å². The first-order valence-electron chi connectivity index (χ1n) is 7.80. The Morgan fingerprint density at radius 1 is 1.22 bits per heavy atom. The molecule has 0 fully saturated rings. The molecule has 0 aliphatic heterocycles. The van der Waals surface area contributed by atoms with Crippen molar-refractivity contribution < 1.29 is 18.7 Å². The number of halogens is 1. The van der Waals surface area contributed by atoms with E-state index in [-0.39, 0.29) is 17.3 Å². The van der Waals surface area contributed by atoms with E-state index in [4.69, 9.17) is 9.47 Å². The SMILES string of the molecule is COc1ccc(-n2nnnc2SCC(=O)Nc2ccccc2F)c(OC)c1. The largest absolute Gasteiger partial charge is 0.497 e. The van der Waals surface area contributed by atoms with Gasteiger partial charge in [-0.3, -0.25) is 4.79 Å². The molecule has 8 nitrogen and oxygen atoms in total. The van der Waals surface area contributed by atoms with Crippen molar-refractivity contribution in [3.05, 3.63) is 48.3 Å². The highest BCUT2D eigenvalue weighted by molar-refractivity contribution is 7.99. The number of methoxy groups -OCH3 is 2. The first kappa shape index (κ1) is 18.6. The van der Waals surface area contributed by atoms with Gasteiger partial charge in [0.1, 0.15) is 23.0 Å². The number of thioether (sulfide) groups is 1. The van der Waals surface area contributed by atoms with Crippen LogP contribution in [0.5, 0.6) is 11.5 Å². The zero-order chi connectivity index (χ0) is 19.2. The van der Waals surface area contributed by atoms with Crippen LogP contribution >= 0.6 is 11.8 Å². The third-order valence-electron chi connectivity index (χ3n) is 3.54. The predicted molar refractivity (Wildman–Crippen MR) is 98.0 cm³/mol. The van der Waals surface area contributed by atoms with Crippen LogP contribution in [-0.4, -0.2) is 46.1 Å². The van der Waals surface area contributed by atoms with Crippen molar-refractivity contribution in [1.82, 2.24) is 20.2 Å². The molecular weight excluding hydrogens is 373 g/mol. The third kappa shape index (κ3) is 4.34. The molecule has 0 saturated carbocycles. The molecule has 10 heteroatoms. The molecule has 0 spiro atoms. The van der Waals surface area contributed by atoms with Crippen molar-refractivity contribution in [2.75, 3.05) is 25.3 Å². The van der Waals surface area contributed by atoms with E-state index in [2.05, 4.69) is 20.8 Å². The van der Waals surface area contributed by atoms with E-state index in [0.717, 1.165) is 11.8 Å². The zero-order valence-corrected chi connectivity index (χ0v) is 15.4. The topological polar surface area (TPSA) is 91.2 Å². The summed E-state index contributed by atoms with van der Waals surface area (Å²) in [5.41, 5.74) is 0.722. The van der Waals surface area contributed by atoms with Crippen molar-refractivity contribution >= 4 is 23.4 Å². The van der Waals surface area contributed by atoms with Crippen molar-refractivity contribution in [3.63, 3.8) is 0 Å². The molecule has 27 heavy (non-hydrogen) atoms. The highest BCUT2D eigenvalue weighted by Gasteiger charge is 2.16. The molecule has 0 atom stereocenters. The summed E-state index contributed by atoms with van der Waals surface area (Å²) >= 11 is 1.12. The summed E-state index contributed by atoms with van der Waals surface area (Å²) in [5.74, 6) is 0.277. The number of aromatic nitrogens is 4. The minimum absolute atomic E-state index is 0.00712. The van der Waals surface area contributed by atoms with E-state index in [1.165, 1.54) is 23.9 Å². The Balaban J connectivity index is 1.72. The number of nitrogens with zero attached hydrogens (tertiary/aromatic N) is 4. The Morgan fingerprint density at radius 3 is 2.78 bits per heavy atom. The van der Waals surface area contributed by atoms with Crippen LogP contribution < -0.4 is 14.8 Å². The first-order valence-corrected chi connectivity index (χ1v) is 8.79. The molecule has 0 saturated heterocycles. The smallest absolute Gasteiger partial charge is 0.234 e. The monoisotopic (exact) mass is 389 g/mol. The normalized spacial score (nSPS) is 10.5. The molecule has 0 aliphatic carbocycles. The lowest BCUT2D eigenvalue weighted by Crippen LogP contribution is -2.15. The van der Waals surface area contributed by atoms with Crippen LogP contribution in [0.15, 0.2) is 47.6 Å². The maximum Gasteiger partial charge on any atom is 0.234 e. The fourth-order valence-electron chi connectivity index (χ4n) is 2.26. The highest BCUT2D eigenvalue weighted by atomic mass is 32.2. The minimum atomic E-state index is -0.497. The van der Waals surface area contributed by atoms with Gasteiger partial charge in [-0.25, -0.2) is 4.39 Å². The van der Waals surface area contributed by atoms with E-state index in [1.807, 2.05) is 0 Å². The van der Waals surface area contributed by atoms with Crippen LogP contribution in [0.25, 0.3) is 5.69 Å². The standard InChI is InChI=1S/C17H16FN5O3S/c1-25-11-7-8-14(15(9-11)26-2)23-17(20-21-22-23)27-10-16(24)19-13-6-4-3-5-12(13)18/h3-9H,10H2,1-2H3,(H,19,24). The van der Waals surface area contributed by atoms with Crippen molar-refractivity contribution in [1.29, 1.82) is 0 Å². The number of benzene rings is 2. The van der Waals surface area contributed by atoms with E-state index in [9.17, 15) is 9.18 Å². The van der Waals surface area contributed by atoms with E-state index in [0.29, 0.717) is 22.3 Å². The second-order valence-corrected chi connectivity index (χ2v) is 6.17. The number of amides is 1. The summed E-state index contributed by atoms with van der Waals surface area (Å²) in [7, 11) is 3.08. The average Bonchev–Trinajstić information content (AvgIpc) is 3.16. The number of hydrogen-bond acceptors (Lipinski definition) is 7. The van der Waals surface area contributed by atoms with Crippen LogP contribution in [0.3, 0.4) is 0 Å². The number of tetrazole rings is 1. The Bertz CT molecular complexity index is 950. The second kappa shape index (κ2) is 8.49. The number of carbonyl (C=O) groups is 1. The minimum Gasteiger partial charge on any atom is -0.497 e. The molecule has 0 aliphatic rings. The molecular formula is C17H16FN5O3S. The lowest BCUT2D eigenvalue weighted by Gasteiger charge is -2.11. The van der Waals surface area contributed by atoms with Crippen LogP contribution in [-0.2, 0) is 4.79 Å². The van der Waals surface area contributed by atoms with Gasteiger partial charge in [-0.05, 0) is 34.7 Å². The third-order valence-corrected chi connectivity index (χ3v) is 4.46. The molecule has 1 aromatic heterocycles. The first-order chi connectivity index (χ1) is 13.1. The molecule has 1 amide bonds. The predicted octanol–water partition coefficient (Wildman–Crippen LogP) is 2.55. The Hall–Kier alpha value is -3.14. The molecule has 1 N–H and O–H groups in total. The van der Waals surface area contributed by atoms with Crippen molar-refractivity contribution in [2.24, 2.45) is 0 Å². The fraction of sp³-hybridized carbons (Fsp3) is 0.176. The van der Waals surface area contributed by atoms with Crippen molar-refractivity contribution in [2.45, 2.75) is 5.16 Å². The fourth-order valence-corrected chi connectivity index (χ4v) is 2.94. The van der Waals surface area contributed by atoms with Crippen LogP contribution in [0.2, 0.25) is 0 Å². The van der Waals surface area contributed by atoms with Crippen LogP contribution in [0, 0.1) is 5.82 Å². The Morgan fingerprint density at radius 2 is 2.04 bits per heavy atom. The molecule has 3 rings (SSSR count). The maximum atomic E-state index is 13.6. The lowest BCUT2D eigenvalue weighted by atomic mass is 10.3. The van der Waals surface area contributed by atoms with Gasteiger partial charge in [0, 0.05) is 6.07 Å². The number of rotatable bonds is 7. The van der Waals surface area contributed by atoms with Crippen LogP contribution in [0.1, 0.15) is 0 Å². The average molecular weight is 389 g/mol. The molecule has 0 bridgehead atoms. The summed E-state index contributed by atoms with van der Waals surface area (Å²) in [5, 5.41) is 14.4. The number of carbonyl (C=O) groups excluding carboxylic acids is 1. The molecule has 1 heterocycles. The van der Waals surface area contributed by atoms with E-state index in [1.54, 1.807) is 37.4 Å². The van der Waals surface area contributed by atoms with Gasteiger partial charge in [-0.2, -0.15) is 4.68 Å². The van der Waals surface area contributed by atoms with Gasteiger partial charge in [0.25, 0.3) is 0 Å². The molecule has 140 valence electrons. The van der Waals surface area contributed by atoms with Crippen molar-refractivity contribution in [3.8, 4) is 17.2 Å². The lowest BCUT2D eigenvalue weighted by molar-refractivity contribution is -0.113. The summed E-state index contributed by atoms with van der Waals surface area (Å²) in [6, 6.07) is 11.2.